The molecule has 0 bridgehead atoms. The van der Waals surface area contributed by atoms with Crippen molar-refractivity contribution in [3.63, 3.8) is 0 Å². The first-order chi connectivity index (χ1) is 30.1. The van der Waals surface area contributed by atoms with Crippen LogP contribution in [0.1, 0.15) is 39.3 Å². The zero-order valence-electron chi connectivity index (χ0n) is 33.9. The summed E-state index contributed by atoms with van der Waals surface area (Å²) in [4.78, 5) is 75.2. The van der Waals surface area contributed by atoms with E-state index in [4.69, 9.17) is 23.1 Å². The molecule has 5 N–H and O–H groups in total. The van der Waals surface area contributed by atoms with E-state index >= 15 is 14.4 Å². The third-order valence-corrected chi connectivity index (χ3v) is 12.2. The van der Waals surface area contributed by atoms with Gasteiger partial charge in [-0.1, -0.05) is 170 Å². The Morgan fingerprint density at radius 1 is 0.694 bits per heavy atom. The number of aliphatic carboxylic acids is 1. The van der Waals surface area contributed by atoms with E-state index < -0.39 is 71.0 Å². The normalized spacial score (nSPS) is 13.9. The number of nitrogens with zero attached hydrogens (tertiary/aromatic N) is 1. The van der Waals surface area contributed by atoms with Crippen molar-refractivity contribution in [2.45, 2.75) is 34.7 Å². The number of nitrogens with two attached hydrogens (primary N) is 1. The number of nitrogens with one attached hydrogen (secondary N) is 2. The lowest BCUT2D eigenvalue weighted by molar-refractivity contribution is -0.174. The molecule has 0 saturated heterocycles. The van der Waals surface area contributed by atoms with Crippen LogP contribution >= 0.6 is 12.6 Å². The predicted molar refractivity (Wildman–Crippen MR) is 239 cm³/mol. The maximum atomic E-state index is 16.2. The van der Waals surface area contributed by atoms with Crippen LogP contribution in [0.5, 0.6) is 0 Å². The molecule has 1 aliphatic carbocycles. The molecule has 0 saturated carbocycles. The molecule has 2 unspecified atom stereocenters. The number of methoxy groups -OCH3 is 1. The van der Waals surface area contributed by atoms with Gasteiger partial charge in [-0.3, -0.25) is 19.3 Å². The maximum Gasteiger partial charge on any atom is 0.343 e. The molecule has 1 aliphatic rings. The topological polar surface area (TPSA) is 168 Å². The Kier molecular flexibility index (Phi) is 13.0. The lowest BCUT2D eigenvalue weighted by Gasteiger charge is -2.55. The molecule has 0 heterocycles. The van der Waals surface area contributed by atoms with Crippen molar-refractivity contribution in [1.29, 1.82) is 0 Å². The zero-order chi connectivity index (χ0) is 43.9. The van der Waals surface area contributed by atoms with Crippen LogP contribution in [0.2, 0.25) is 0 Å². The van der Waals surface area contributed by atoms with Crippen molar-refractivity contribution in [3.8, 4) is 11.1 Å². The molecule has 7 rings (SSSR count). The highest BCUT2D eigenvalue weighted by atomic mass is 32.1. The summed E-state index contributed by atoms with van der Waals surface area (Å²) < 4.78 is 5.74. The van der Waals surface area contributed by atoms with Gasteiger partial charge >= 0.3 is 11.9 Å². The van der Waals surface area contributed by atoms with Gasteiger partial charge in [-0.15, -0.1) is 0 Å². The summed E-state index contributed by atoms with van der Waals surface area (Å²) >= 11 is 5.38. The Morgan fingerprint density at radius 3 is 1.56 bits per heavy atom. The van der Waals surface area contributed by atoms with Crippen LogP contribution in [0, 0.1) is 0 Å². The molecule has 12 heteroatoms. The molecule has 0 spiro atoms. The number of carbonyl (C=O) groups excluding carboxylic acids is 4. The summed E-state index contributed by atoms with van der Waals surface area (Å²) in [6.07, 6.45) is -0.173. The lowest BCUT2D eigenvalue weighted by atomic mass is 9.70. The molecule has 3 amide bonds. The van der Waals surface area contributed by atoms with Gasteiger partial charge < -0.3 is 26.2 Å². The highest BCUT2D eigenvalue weighted by Gasteiger charge is 2.67. The van der Waals surface area contributed by atoms with Crippen LogP contribution in [0.25, 0.3) is 11.1 Å². The first kappa shape index (κ1) is 43.1. The number of carbonyl (C=O) groups is 5. The number of hydrogen-bond acceptors (Lipinski definition) is 8. The van der Waals surface area contributed by atoms with Gasteiger partial charge in [-0.25, -0.2) is 9.59 Å². The van der Waals surface area contributed by atoms with Crippen LogP contribution in [0.15, 0.2) is 170 Å². The fourth-order valence-electron chi connectivity index (χ4n) is 8.82. The summed E-state index contributed by atoms with van der Waals surface area (Å²) in [5, 5.41) is 14.6. The van der Waals surface area contributed by atoms with E-state index in [1.165, 1.54) is 4.90 Å². The number of carboxylic acids is 1. The molecule has 0 fully saturated rings. The minimum absolute atomic E-state index is 0.173. The number of esters is 1. The van der Waals surface area contributed by atoms with Crippen molar-refractivity contribution in [2.24, 2.45) is 5.73 Å². The van der Waals surface area contributed by atoms with E-state index in [9.17, 15) is 14.7 Å². The van der Waals surface area contributed by atoms with E-state index in [1.807, 2.05) is 48.5 Å². The zero-order valence-corrected chi connectivity index (χ0v) is 34.8. The largest absolute Gasteiger partial charge is 0.480 e. The van der Waals surface area contributed by atoms with Crippen molar-refractivity contribution in [2.75, 3.05) is 20.2 Å². The molecule has 3 atom stereocenters. The first-order valence-electron chi connectivity index (χ1n) is 20.1. The number of thiol groups is 1. The molecule has 11 nitrogen and oxygen atoms in total. The maximum absolute atomic E-state index is 16.2. The van der Waals surface area contributed by atoms with Crippen molar-refractivity contribution < 1.29 is 33.8 Å². The number of hydrogen-bond donors (Lipinski definition) is 5. The lowest BCUT2D eigenvalue weighted by Crippen LogP contribution is -2.77. The molecule has 0 aromatic heterocycles. The van der Waals surface area contributed by atoms with E-state index in [0.717, 1.165) is 18.2 Å². The van der Waals surface area contributed by atoms with Crippen molar-refractivity contribution in [3.05, 3.63) is 203 Å². The average Bonchev–Trinajstić information content (AvgIpc) is 3.65. The molecule has 62 heavy (non-hydrogen) atoms. The number of carboxylic acid groups (broad SMARTS) is 1. The fraction of sp³-hybridized carbons (Fsp3) is 0.180. The van der Waals surface area contributed by atoms with E-state index in [2.05, 4.69) is 10.6 Å². The van der Waals surface area contributed by atoms with Crippen LogP contribution in [-0.4, -0.2) is 76.7 Å². The number of ether oxygens (including phenoxy) is 1. The summed E-state index contributed by atoms with van der Waals surface area (Å²) in [5.41, 5.74) is 6.00. The summed E-state index contributed by atoms with van der Waals surface area (Å²) in [7, 11) is 1.11. The molecular formula is C50H46N4O7S. The highest BCUT2D eigenvalue weighted by molar-refractivity contribution is 7.81. The average molecular weight is 847 g/mol. The summed E-state index contributed by atoms with van der Waals surface area (Å²) in [6.45, 7) is -1.19. The number of amides is 3. The van der Waals surface area contributed by atoms with Crippen molar-refractivity contribution in [1.82, 2.24) is 15.5 Å². The van der Waals surface area contributed by atoms with Crippen LogP contribution < -0.4 is 16.4 Å². The van der Waals surface area contributed by atoms with Crippen LogP contribution in [0.3, 0.4) is 0 Å². The highest BCUT2D eigenvalue weighted by Crippen LogP contribution is 2.54. The van der Waals surface area contributed by atoms with Gasteiger partial charge in [-0.05, 0) is 44.5 Å². The standard InChI is InChI=1S/C50H46N4O7S/c1-61-48(60)50(47(59)53-41(46(57)58)30-33-18-6-2-7-19-33,45(62)44-39-28-16-14-26-37(39)38-27-15-17-29-40(38)44)54(43(56)32-52-42(55)31-51)49(34-20-8-3-9-21-34,35-22-10-4-11-23-35)36-24-12-5-13-25-36/h2-29,41,44-45,62H,30-32,51H2,1H3,(H,52,55)(H,53,59)(H,57,58)/t41?,45-,50?/m0/s1. The van der Waals surface area contributed by atoms with Gasteiger partial charge in [-0.2, -0.15) is 12.6 Å². The quantitative estimate of drug-likeness (QED) is 0.0357. The smallest absolute Gasteiger partial charge is 0.343 e. The molecule has 0 aliphatic heterocycles. The molecule has 314 valence electrons. The Balaban J connectivity index is 1.63. The fourth-order valence-corrected chi connectivity index (χ4v) is 9.48. The number of rotatable bonds is 16. The van der Waals surface area contributed by atoms with Gasteiger partial charge in [0.25, 0.3) is 5.91 Å². The van der Waals surface area contributed by atoms with Gasteiger partial charge in [0.1, 0.15) is 11.6 Å². The first-order valence-corrected chi connectivity index (χ1v) is 20.6. The third-order valence-electron chi connectivity index (χ3n) is 11.5. The molecule has 6 aromatic carbocycles. The molecular weight excluding hydrogens is 801 g/mol. The van der Waals surface area contributed by atoms with Gasteiger partial charge in [0, 0.05) is 12.3 Å². The van der Waals surface area contributed by atoms with E-state index in [1.54, 1.807) is 121 Å². The number of benzene rings is 6. The van der Waals surface area contributed by atoms with E-state index in [0.29, 0.717) is 33.4 Å². The monoisotopic (exact) mass is 846 g/mol. The minimum atomic E-state index is -2.84. The van der Waals surface area contributed by atoms with Crippen LogP contribution in [-0.2, 0) is 40.7 Å². The molecule has 6 aromatic rings. The van der Waals surface area contributed by atoms with Gasteiger partial charge in [0.05, 0.1) is 25.4 Å². The minimum Gasteiger partial charge on any atom is -0.480 e. The summed E-state index contributed by atoms with van der Waals surface area (Å²) in [5.74, 6) is -6.21. The van der Waals surface area contributed by atoms with Crippen LogP contribution in [0.4, 0.5) is 0 Å². The second kappa shape index (κ2) is 18.7. The van der Waals surface area contributed by atoms with Crippen molar-refractivity contribution >= 4 is 42.3 Å². The Morgan fingerprint density at radius 2 is 1.13 bits per heavy atom. The van der Waals surface area contributed by atoms with Gasteiger partial charge in [0.15, 0.2) is 0 Å². The third kappa shape index (κ3) is 7.74. The SMILES string of the molecule is COC(=O)C(C(=O)NC(Cc1ccccc1)C(=O)O)([C@@H](S)C1c2ccccc2-c2ccccc21)N(C(=O)CNC(=O)CN)C(c1ccccc1)(c1ccccc1)c1ccccc1. The second-order valence-electron chi connectivity index (χ2n) is 14.9. The van der Waals surface area contributed by atoms with E-state index in [-0.39, 0.29) is 6.42 Å². The van der Waals surface area contributed by atoms with Gasteiger partial charge in [0.2, 0.25) is 17.4 Å². The second-order valence-corrected chi connectivity index (χ2v) is 15.5. The number of fused-ring (bicyclic) bond motifs is 3. The Bertz CT molecular complexity index is 2420. The Labute approximate surface area is 365 Å². The predicted octanol–water partition coefficient (Wildman–Crippen LogP) is 5.72. The Hall–Kier alpha value is -7.02. The summed E-state index contributed by atoms with van der Waals surface area (Å²) in [6, 6.07) is 48.9. The molecule has 0 radical (unpaired) electrons.